The van der Waals surface area contributed by atoms with Gasteiger partial charge in [0.25, 0.3) is 0 Å². The van der Waals surface area contributed by atoms with E-state index in [0.29, 0.717) is 12.5 Å². The van der Waals surface area contributed by atoms with Gasteiger partial charge in [0.05, 0.1) is 0 Å². The minimum absolute atomic E-state index is 0.0525. The standard InChI is InChI=1S/C14H19FN2O/c1-10(12-7-16-8-12)14(18)17(2)9-11-3-5-13(15)6-4-11/h3-6,10,12,16H,7-9H2,1-2H3. The Kier molecular flexibility index (Phi) is 3.97. The van der Waals surface area contributed by atoms with Gasteiger partial charge in [-0.05, 0) is 36.7 Å². The van der Waals surface area contributed by atoms with Crippen LogP contribution in [0.1, 0.15) is 12.5 Å². The highest BCUT2D eigenvalue weighted by Gasteiger charge is 2.30. The molecule has 1 heterocycles. The van der Waals surface area contributed by atoms with Crippen LogP contribution in [0.5, 0.6) is 0 Å². The van der Waals surface area contributed by atoms with Gasteiger partial charge < -0.3 is 10.2 Å². The summed E-state index contributed by atoms with van der Waals surface area (Å²) >= 11 is 0. The van der Waals surface area contributed by atoms with E-state index in [4.69, 9.17) is 0 Å². The summed E-state index contributed by atoms with van der Waals surface area (Å²) in [4.78, 5) is 13.9. The third kappa shape index (κ3) is 2.88. The molecule has 1 fully saturated rings. The zero-order chi connectivity index (χ0) is 13.1. The monoisotopic (exact) mass is 250 g/mol. The second-order valence-corrected chi connectivity index (χ2v) is 5.03. The van der Waals surface area contributed by atoms with Crippen molar-refractivity contribution in [2.24, 2.45) is 11.8 Å². The van der Waals surface area contributed by atoms with Crippen molar-refractivity contribution in [2.45, 2.75) is 13.5 Å². The molecule has 1 aliphatic heterocycles. The average molecular weight is 250 g/mol. The molecule has 1 aromatic carbocycles. The summed E-state index contributed by atoms with van der Waals surface area (Å²) < 4.78 is 12.8. The molecule has 0 aliphatic carbocycles. The molecule has 1 aromatic rings. The van der Waals surface area contributed by atoms with Crippen LogP contribution in [0.3, 0.4) is 0 Å². The Morgan fingerprint density at radius 1 is 1.44 bits per heavy atom. The molecule has 0 radical (unpaired) electrons. The van der Waals surface area contributed by atoms with Crippen molar-refractivity contribution in [2.75, 3.05) is 20.1 Å². The summed E-state index contributed by atoms with van der Waals surface area (Å²) in [5.74, 6) is 0.414. The molecule has 1 unspecified atom stereocenters. The molecule has 3 nitrogen and oxygen atoms in total. The predicted octanol–water partition coefficient (Wildman–Crippen LogP) is 1.64. The predicted molar refractivity (Wildman–Crippen MR) is 68.4 cm³/mol. The highest BCUT2D eigenvalue weighted by Crippen LogP contribution is 2.18. The van der Waals surface area contributed by atoms with Crippen molar-refractivity contribution >= 4 is 5.91 Å². The van der Waals surface area contributed by atoms with E-state index in [1.807, 2.05) is 6.92 Å². The number of amides is 1. The number of hydrogen-bond donors (Lipinski definition) is 1. The van der Waals surface area contributed by atoms with Gasteiger partial charge in [-0.1, -0.05) is 19.1 Å². The van der Waals surface area contributed by atoms with Crippen LogP contribution in [0.25, 0.3) is 0 Å². The van der Waals surface area contributed by atoms with Crippen molar-refractivity contribution in [3.8, 4) is 0 Å². The third-order valence-electron chi connectivity index (χ3n) is 3.62. The van der Waals surface area contributed by atoms with Crippen LogP contribution < -0.4 is 5.32 Å². The Morgan fingerprint density at radius 3 is 2.56 bits per heavy atom. The maximum atomic E-state index is 12.8. The minimum atomic E-state index is -0.248. The molecule has 0 aromatic heterocycles. The molecule has 1 saturated heterocycles. The zero-order valence-corrected chi connectivity index (χ0v) is 10.8. The van der Waals surface area contributed by atoms with Gasteiger partial charge >= 0.3 is 0 Å². The van der Waals surface area contributed by atoms with Crippen molar-refractivity contribution in [3.05, 3.63) is 35.6 Å². The van der Waals surface area contributed by atoms with E-state index in [-0.39, 0.29) is 17.6 Å². The maximum Gasteiger partial charge on any atom is 0.225 e. The largest absolute Gasteiger partial charge is 0.341 e. The first-order chi connectivity index (χ1) is 8.58. The third-order valence-corrected chi connectivity index (χ3v) is 3.62. The smallest absolute Gasteiger partial charge is 0.225 e. The fourth-order valence-corrected chi connectivity index (χ4v) is 2.16. The minimum Gasteiger partial charge on any atom is -0.341 e. The molecule has 1 N–H and O–H groups in total. The topological polar surface area (TPSA) is 32.3 Å². The van der Waals surface area contributed by atoms with Crippen LogP contribution in [0.4, 0.5) is 4.39 Å². The second-order valence-electron chi connectivity index (χ2n) is 5.03. The van der Waals surface area contributed by atoms with Crippen LogP contribution in [0.15, 0.2) is 24.3 Å². The SMILES string of the molecule is CC(C(=O)N(C)Cc1ccc(F)cc1)C1CNC1. The highest BCUT2D eigenvalue weighted by molar-refractivity contribution is 5.78. The maximum absolute atomic E-state index is 12.8. The fourth-order valence-electron chi connectivity index (χ4n) is 2.16. The number of benzene rings is 1. The van der Waals surface area contributed by atoms with Gasteiger partial charge in [-0.15, -0.1) is 0 Å². The van der Waals surface area contributed by atoms with E-state index in [1.165, 1.54) is 12.1 Å². The first kappa shape index (κ1) is 13.0. The first-order valence-corrected chi connectivity index (χ1v) is 6.28. The highest BCUT2D eigenvalue weighted by atomic mass is 19.1. The molecule has 1 aliphatic rings. The molecular formula is C14H19FN2O. The van der Waals surface area contributed by atoms with Crippen molar-refractivity contribution in [1.82, 2.24) is 10.2 Å². The lowest BCUT2D eigenvalue weighted by molar-refractivity contribution is -0.136. The van der Waals surface area contributed by atoms with Gasteiger partial charge in [-0.3, -0.25) is 4.79 Å². The number of carbonyl (C=O) groups is 1. The zero-order valence-electron chi connectivity index (χ0n) is 10.8. The molecule has 4 heteroatoms. The first-order valence-electron chi connectivity index (χ1n) is 6.28. The Hall–Kier alpha value is -1.42. The number of rotatable bonds is 4. The Morgan fingerprint density at radius 2 is 2.06 bits per heavy atom. The van der Waals surface area contributed by atoms with Crippen LogP contribution in [-0.2, 0) is 11.3 Å². The number of hydrogen-bond acceptors (Lipinski definition) is 2. The van der Waals surface area contributed by atoms with Crippen LogP contribution in [0.2, 0.25) is 0 Å². The second kappa shape index (κ2) is 5.48. The lowest BCUT2D eigenvalue weighted by Crippen LogP contribution is -2.49. The number of carbonyl (C=O) groups excluding carboxylic acids is 1. The summed E-state index contributed by atoms with van der Waals surface area (Å²) in [6.07, 6.45) is 0. The molecule has 18 heavy (non-hydrogen) atoms. The van der Waals surface area contributed by atoms with Crippen LogP contribution in [0, 0.1) is 17.7 Å². The molecule has 0 bridgehead atoms. The van der Waals surface area contributed by atoms with Crippen molar-refractivity contribution in [3.63, 3.8) is 0 Å². The van der Waals surface area contributed by atoms with E-state index in [2.05, 4.69) is 5.32 Å². The molecule has 1 amide bonds. The summed E-state index contributed by atoms with van der Waals surface area (Å²) in [5, 5.41) is 3.18. The average Bonchev–Trinajstić information content (AvgIpc) is 2.28. The number of halogens is 1. The van der Waals surface area contributed by atoms with Gasteiger partial charge in [0.1, 0.15) is 5.82 Å². The molecule has 0 saturated carbocycles. The summed E-state index contributed by atoms with van der Waals surface area (Å²) in [6.45, 7) is 4.37. The van der Waals surface area contributed by atoms with Gasteiger partial charge in [0.15, 0.2) is 0 Å². The summed E-state index contributed by atoms with van der Waals surface area (Å²) in [6, 6.07) is 6.28. The van der Waals surface area contributed by atoms with Crippen molar-refractivity contribution in [1.29, 1.82) is 0 Å². The van der Waals surface area contributed by atoms with Crippen molar-refractivity contribution < 1.29 is 9.18 Å². The lowest BCUT2D eigenvalue weighted by Gasteiger charge is -2.34. The Bertz CT molecular complexity index is 414. The molecule has 2 rings (SSSR count). The van der Waals surface area contributed by atoms with Gasteiger partial charge in [-0.25, -0.2) is 4.39 Å². The normalized spacial score (nSPS) is 17.1. The van der Waals surface area contributed by atoms with Crippen LogP contribution >= 0.6 is 0 Å². The lowest BCUT2D eigenvalue weighted by atomic mass is 9.88. The van der Waals surface area contributed by atoms with Gasteiger partial charge in [0.2, 0.25) is 5.91 Å². The van der Waals surface area contributed by atoms with E-state index < -0.39 is 0 Å². The van der Waals surface area contributed by atoms with Gasteiger partial charge in [0, 0.05) is 19.5 Å². The van der Waals surface area contributed by atoms with E-state index in [0.717, 1.165) is 18.7 Å². The summed E-state index contributed by atoms with van der Waals surface area (Å²) in [5.41, 5.74) is 0.950. The number of nitrogens with one attached hydrogen (secondary N) is 1. The molecular weight excluding hydrogens is 231 g/mol. The quantitative estimate of drug-likeness (QED) is 0.881. The van der Waals surface area contributed by atoms with E-state index in [1.54, 1.807) is 24.1 Å². The molecule has 98 valence electrons. The van der Waals surface area contributed by atoms with E-state index in [9.17, 15) is 9.18 Å². The number of nitrogens with zero attached hydrogens (tertiary/aromatic N) is 1. The Balaban J connectivity index is 1.92. The fraction of sp³-hybridized carbons (Fsp3) is 0.500. The Labute approximate surface area is 107 Å². The van der Waals surface area contributed by atoms with E-state index >= 15 is 0 Å². The molecule has 1 atom stereocenters. The summed E-state index contributed by atoms with van der Waals surface area (Å²) in [7, 11) is 1.80. The van der Waals surface area contributed by atoms with Crippen LogP contribution in [-0.4, -0.2) is 30.9 Å². The molecule has 0 spiro atoms. The van der Waals surface area contributed by atoms with Gasteiger partial charge in [-0.2, -0.15) is 0 Å².